The molecule has 126 valence electrons. The van der Waals surface area contributed by atoms with E-state index < -0.39 is 0 Å². The molecule has 1 heteroatoms. The Morgan fingerprint density at radius 3 is 1.72 bits per heavy atom. The molecule has 0 atom stereocenters. The van der Waals surface area contributed by atoms with Crippen LogP contribution in [0.4, 0.5) is 0 Å². The number of phenolic OH excluding ortho intramolecular Hbond substituents is 1. The molecule has 0 heterocycles. The highest BCUT2D eigenvalue weighted by molar-refractivity contribution is 6.08. The fraction of sp³-hybridized carbons (Fsp3) is 0.167. The van der Waals surface area contributed by atoms with E-state index in [0.717, 1.165) is 21.9 Å². The summed E-state index contributed by atoms with van der Waals surface area (Å²) in [5.74, 6) is 0.336. The van der Waals surface area contributed by atoms with Crippen LogP contribution in [-0.4, -0.2) is 5.11 Å². The molecule has 0 aliphatic heterocycles. The molecule has 1 N–H and O–H groups in total. The van der Waals surface area contributed by atoms with Crippen LogP contribution in [0.15, 0.2) is 60.7 Å². The Morgan fingerprint density at radius 1 is 0.600 bits per heavy atom. The third-order valence-corrected chi connectivity index (χ3v) is 4.79. The number of aromatic hydroxyl groups is 1. The van der Waals surface area contributed by atoms with Crippen molar-refractivity contribution in [1.29, 1.82) is 0 Å². The first-order chi connectivity index (χ1) is 11.5. The second-order valence-electron chi connectivity index (χ2n) is 6.67. The van der Waals surface area contributed by atoms with E-state index in [2.05, 4.69) is 69.3 Å². The van der Waals surface area contributed by atoms with Crippen molar-refractivity contribution in [3.05, 3.63) is 77.4 Å². The van der Waals surface area contributed by atoms with Gasteiger partial charge in [0.05, 0.1) is 0 Å². The molecule has 0 bridgehead atoms. The van der Waals surface area contributed by atoms with Gasteiger partial charge in [0.1, 0.15) is 5.75 Å². The Balaban J connectivity index is 0.00000182. The van der Waals surface area contributed by atoms with Gasteiger partial charge in [-0.1, -0.05) is 73.2 Å². The van der Waals surface area contributed by atoms with Crippen LogP contribution in [0.5, 0.6) is 5.75 Å². The van der Waals surface area contributed by atoms with Crippen LogP contribution < -0.4 is 0 Å². The number of phenols is 1. The molecule has 0 unspecified atom stereocenters. The minimum Gasteiger partial charge on any atom is -0.507 e. The van der Waals surface area contributed by atoms with Crippen molar-refractivity contribution < 1.29 is 5.11 Å². The zero-order valence-electron chi connectivity index (χ0n) is 14.2. The predicted octanol–water partition coefficient (Wildman–Crippen LogP) is 6.93. The molecular formula is C24H24O. The van der Waals surface area contributed by atoms with Crippen LogP contribution in [0, 0.1) is 20.8 Å². The van der Waals surface area contributed by atoms with Crippen molar-refractivity contribution in [2.75, 3.05) is 0 Å². The normalized spacial score (nSPS) is 10.8. The third kappa shape index (κ3) is 2.76. The number of rotatable bonds is 1. The molecule has 0 saturated heterocycles. The van der Waals surface area contributed by atoms with Gasteiger partial charge in [0.15, 0.2) is 0 Å². The molecule has 4 rings (SSSR count). The average Bonchev–Trinajstić information content (AvgIpc) is 2.56. The molecule has 0 aliphatic carbocycles. The molecule has 4 aromatic carbocycles. The van der Waals surface area contributed by atoms with Crippen molar-refractivity contribution in [1.82, 2.24) is 0 Å². The lowest BCUT2D eigenvalue weighted by Crippen LogP contribution is -1.90. The van der Waals surface area contributed by atoms with Gasteiger partial charge in [0.25, 0.3) is 0 Å². The van der Waals surface area contributed by atoms with Crippen molar-refractivity contribution in [2.45, 2.75) is 28.2 Å². The Bertz CT molecular complexity index is 1000. The summed E-state index contributed by atoms with van der Waals surface area (Å²) in [6.07, 6.45) is 0. The summed E-state index contributed by atoms with van der Waals surface area (Å²) in [6.45, 7) is 6.32. The quantitative estimate of drug-likeness (QED) is 0.402. The van der Waals surface area contributed by atoms with E-state index in [-0.39, 0.29) is 7.43 Å². The number of benzene rings is 4. The lowest BCUT2D eigenvalue weighted by atomic mass is 9.89. The van der Waals surface area contributed by atoms with Crippen LogP contribution in [0.3, 0.4) is 0 Å². The summed E-state index contributed by atoms with van der Waals surface area (Å²) in [7, 11) is 0. The molecule has 0 fully saturated rings. The highest BCUT2D eigenvalue weighted by Crippen LogP contribution is 2.42. The molecule has 4 aromatic rings. The first-order valence-electron chi connectivity index (χ1n) is 8.27. The number of aryl methyl sites for hydroxylation is 3. The van der Waals surface area contributed by atoms with Gasteiger partial charge in [-0.15, -0.1) is 0 Å². The standard InChI is InChI=1S/C23H20O.CH4/c1-14-4-9-19-17(12-14)7-6-16(3)22(19)23-20-10-5-15(2)13-18(20)8-11-21(23)24;/h4-13,24H,1-3H3;1H4. The molecule has 0 radical (unpaired) electrons. The van der Waals surface area contributed by atoms with Crippen LogP contribution in [0.1, 0.15) is 24.1 Å². The lowest BCUT2D eigenvalue weighted by molar-refractivity contribution is 0.478. The molecule has 0 aromatic heterocycles. The second-order valence-corrected chi connectivity index (χ2v) is 6.67. The summed E-state index contributed by atoms with van der Waals surface area (Å²) in [4.78, 5) is 0. The van der Waals surface area contributed by atoms with Gasteiger partial charge in [0, 0.05) is 5.56 Å². The minimum atomic E-state index is 0. The summed E-state index contributed by atoms with van der Waals surface area (Å²) in [5.41, 5.74) is 5.70. The van der Waals surface area contributed by atoms with Gasteiger partial charge in [-0.05, 0) is 59.5 Å². The van der Waals surface area contributed by atoms with Crippen molar-refractivity contribution in [3.63, 3.8) is 0 Å². The molecule has 0 aliphatic rings. The van der Waals surface area contributed by atoms with E-state index in [1.807, 2.05) is 12.1 Å². The number of hydrogen-bond acceptors (Lipinski definition) is 1. The molecule has 0 amide bonds. The van der Waals surface area contributed by atoms with E-state index in [1.54, 1.807) is 0 Å². The fourth-order valence-corrected chi connectivity index (χ4v) is 3.59. The monoisotopic (exact) mass is 328 g/mol. The van der Waals surface area contributed by atoms with E-state index in [0.29, 0.717) is 5.75 Å². The summed E-state index contributed by atoms with van der Waals surface area (Å²) >= 11 is 0. The Labute approximate surface area is 149 Å². The Kier molecular flexibility index (Phi) is 4.26. The van der Waals surface area contributed by atoms with Crippen LogP contribution >= 0.6 is 0 Å². The van der Waals surface area contributed by atoms with Gasteiger partial charge in [-0.3, -0.25) is 0 Å². The number of fused-ring (bicyclic) bond motifs is 2. The van der Waals surface area contributed by atoms with Crippen LogP contribution in [-0.2, 0) is 0 Å². The number of hydrogen-bond donors (Lipinski definition) is 1. The minimum absolute atomic E-state index is 0. The first kappa shape index (κ1) is 17.0. The SMILES string of the molecule is C.Cc1ccc2c(-c3c(O)ccc4cc(C)ccc34)c(C)ccc2c1. The van der Waals surface area contributed by atoms with Crippen molar-refractivity contribution in [2.24, 2.45) is 0 Å². The van der Waals surface area contributed by atoms with Crippen LogP contribution in [0.2, 0.25) is 0 Å². The zero-order valence-corrected chi connectivity index (χ0v) is 14.2. The second kappa shape index (κ2) is 6.25. The summed E-state index contributed by atoms with van der Waals surface area (Å²) < 4.78 is 0. The highest BCUT2D eigenvalue weighted by Gasteiger charge is 2.15. The van der Waals surface area contributed by atoms with Gasteiger partial charge in [-0.2, -0.15) is 0 Å². The average molecular weight is 328 g/mol. The molecule has 25 heavy (non-hydrogen) atoms. The summed E-state index contributed by atoms with van der Waals surface area (Å²) in [6, 6.07) is 21.0. The van der Waals surface area contributed by atoms with Crippen molar-refractivity contribution >= 4 is 21.5 Å². The van der Waals surface area contributed by atoms with Gasteiger partial charge in [0.2, 0.25) is 0 Å². The van der Waals surface area contributed by atoms with Gasteiger partial charge in [-0.25, -0.2) is 0 Å². The maximum Gasteiger partial charge on any atom is 0.124 e. The lowest BCUT2D eigenvalue weighted by Gasteiger charge is -2.15. The molecule has 1 nitrogen and oxygen atoms in total. The third-order valence-electron chi connectivity index (χ3n) is 4.79. The van der Waals surface area contributed by atoms with Gasteiger partial charge >= 0.3 is 0 Å². The van der Waals surface area contributed by atoms with Crippen molar-refractivity contribution in [3.8, 4) is 16.9 Å². The molecular weight excluding hydrogens is 304 g/mol. The van der Waals surface area contributed by atoms with Crippen LogP contribution in [0.25, 0.3) is 32.7 Å². The maximum atomic E-state index is 10.7. The smallest absolute Gasteiger partial charge is 0.124 e. The topological polar surface area (TPSA) is 20.2 Å². The van der Waals surface area contributed by atoms with Gasteiger partial charge < -0.3 is 5.11 Å². The highest BCUT2D eigenvalue weighted by atomic mass is 16.3. The largest absolute Gasteiger partial charge is 0.507 e. The maximum absolute atomic E-state index is 10.7. The molecule has 0 spiro atoms. The Morgan fingerprint density at radius 2 is 1.12 bits per heavy atom. The Hall–Kier alpha value is -2.80. The first-order valence-corrected chi connectivity index (χ1v) is 8.27. The van der Waals surface area contributed by atoms with E-state index in [1.165, 1.54) is 27.5 Å². The van der Waals surface area contributed by atoms with E-state index in [4.69, 9.17) is 0 Å². The zero-order chi connectivity index (χ0) is 16.8. The van der Waals surface area contributed by atoms with E-state index >= 15 is 0 Å². The molecule has 0 saturated carbocycles. The predicted molar refractivity (Wildman–Crippen MR) is 109 cm³/mol. The van der Waals surface area contributed by atoms with E-state index in [9.17, 15) is 5.11 Å². The summed E-state index contributed by atoms with van der Waals surface area (Å²) in [5, 5.41) is 15.3. The fourth-order valence-electron chi connectivity index (χ4n) is 3.59.